The number of nitrogens with one attached hydrogen (secondary N) is 1. The average molecular weight is 574 g/mol. The molecule has 2 aliphatic rings. The van der Waals surface area contributed by atoms with Crippen molar-refractivity contribution in [1.82, 2.24) is 9.97 Å². The zero-order valence-corrected chi connectivity index (χ0v) is 22.3. The van der Waals surface area contributed by atoms with Gasteiger partial charge in [0.1, 0.15) is 18.3 Å². The van der Waals surface area contributed by atoms with Crippen LogP contribution in [0.25, 0.3) is 33.4 Å². The van der Waals surface area contributed by atoms with E-state index in [1.165, 1.54) is 7.05 Å². The molecule has 2 aliphatic heterocycles. The van der Waals surface area contributed by atoms with E-state index < -0.39 is 45.9 Å². The molecular weight excluding hydrogens is 547 g/mol. The number of aliphatic hydroxyl groups is 1. The fourth-order valence-electron chi connectivity index (χ4n) is 5.06. The van der Waals surface area contributed by atoms with Gasteiger partial charge < -0.3 is 24.3 Å². The summed E-state index contributed by atoms with van der Waals surface area (Å²) in [7, 11) is -0.955. The van der Waals surface area contributed by atoms with E-state index in [2.05, 4.69) is 14.3 Å². The fraction of sp³-hybridized carbons (Fsp3) is 0.321. The Morgan fingerprint density at radius 1 is 1.00 bits per heavy atom. The molecule has 210 valence electrons. The number of benzene rings is 2. The lowest BCUT2D eigenvalue weighted by Crippen LogP contribution is -2.34. The molecule has 6 rings (SSSR count). The maximum atomic E-state index is 14.1. The SMILES string of the molecule is CN=S(C)(=O)c1ccc(-c2ccc(-c3nc4cc(O[C@@H]5CO[C@H]6[C@@H]5OC[C@H]6O)[nH]c4cc3C(F)(F)F)cc2)cc1. The zero-order valence-electron chi connectivity index (χ0n) is 21.5. The summed E-state index contributed by atoms with van der Waals surface area (Å²) < 4.78 is 75.8. The lowest BCUT2D eigenvalue weighted by atomic mass is 10.00. The normalized spacial score (nSPS) is 24.1. The first-order valence-electron chi connectivity index (χ1n) is 12.5. The molecule has 2 aromatic carbocycles. The molecule has 0 spiro atoms. The van der Waals surface area contributed by atoms with Crippen LogP contribution in [0.5, 0.6) is 5.88 Å². The van der Waals surface area contributed by atoms with Crippen LogP contribution in [0.3, 0.4) is 0 Å². The Kier molecular flexibility index (Phi) is 6.61. The summed E-state index contributed by atoms with van der Waals surface area (Å²) in [4.78, 5) is 7.83. The molecular formula is C28H26F3N3O5S. The smallest absolute Gasteiger partial charge is 0.418 e. The van der Waals surface area contributed by atoms with E-state index in [1.807, 2.05) is 0 Å². The molecule has 2 N–H and O–H groups in total. The highest BCUT2D eigenvalue weighted by atomic mass is 32.2. The lowest BCUT2D eigenvalue weighted by Gasteiger charge is -2.16. The maximum absolute atomic E-state index is 14.1. The molecule has 1 unspecified atom stereocenters. The third-order valence-corrected chi connectivity index (χ3v) is 9.12. The van der Waals surface area contributed by atoms with Gasteiger partial charge in [0.2, 0.25) is 0 Å². The van der Waals surface area contributed by atoms with Crippen molar-refractivity contribution in [3.63, 3.8) is 0 Å². The largest absolute Gasteiger partial charge is 0.470 e. The Morgan fingerprint density at radius 2 is 1.62 bits per heavy atom. The molecule has 5 atom stereocenters. The molecule has 0 aliphatic carbocycles. The number of aromatic nitrogens is 2. The average Bonchev–Trinajstić information content (AvgIpc) is 3.64. The van der Waals surface area contributed by atoms with Crippen molar-refractivity contribution in [3.8, 4) is 28.3 Å². The number of fused-ring (bicyclic) bond motifs is 2. The van der Waals surface area contributed by atoms with Crippen LogP contribution in [0.4, 0.5) is 13.2 Å². The second-order valence-corrected chi connectivity index (χ2v) is 12.3. The number of aromatic amines is 1. The van der Waals surface area contributed by atoms with Gasteiger partial charge in [0.05, 0.1) is 45.2 Å². The first-order chi connectivity index (χ1) is 19.0. The summed E-state index contributed by atoms with van der Waals surface area (Å²) in [5, 5.41) is 9.93. The van der Waals surface area contributed by atoms with E-state index in [1.54, 1.807) is 60.9 Å². The highest BCUT2D eigenvalue weighted by molar-refractivity contribution is 7.93. The highest BCUT2D eigenvalue weighted by Crippen LogP contribution is 2.39. The van der Waals surface area contributed by atoms with Crippen LogP contribution >= 0.6 is 0 Å². The van der Waals surface area contributed by atoms with Gasteiger partial charge in [-0.25, -0.2) is 13.6 Å². The minimum atomic E-state index is -4.64. The third-order valence-electron chi connectivity index (χ3n) is 7.27. The van der Waals surface area contributed by atoms with Crippen molar-refractivity contribution < 1.29 is 36.7 Å². The van der Waals surface area contributed by atoms with E-state index in [0.29, 0.717) is 16.0 Å². The number of aliphatic hydroxyl groups excluding tert-OH is 1. The van der Waals surface area contributed by atoms with Crippen LogP contribution in [0.1, 0.15) is 5.56 Å². The fourth-order valence-corrected chi connectivity index (χ4v) is 5.92. The topological polar surface area (TPSA) is 106 Å². The number of nitrogens with zero attached hydrogens (tertiary/aromatic N) is 2. The second kappa shape index (κ2) is 9.88. The summed E-state index contributed by atoms with van der Waals surface area (Å²) in [5.41, 5.74) is 1.33. The van der Waals surface area contributed by atoms with Crippen molar-refractivity contribution in [2.75, 3.05) is 26.5 Å². The minimum Gasteiger partial charge on any atom is -0.470 e. The molecule has 2 fully saturated rings. The van der Waals surface area contributed by atoms with Crippen LogP contribution in [-0.4, -0.2) is 70.2 Å². The molecule has 4 heterocycles. The number of halogens is 3. The van der Waals surface area contributed by atoms with Crippen LogP contribution in [0.2, 0.25) is 0 Å². The van der Waals surface area contributed by atoms with E-state index in [0.717, 1.165) is 17.2 Å². The predicted molar refractivity (Wildman–Crippen MR) is 143 cm³/mol. The van der Waals surface area contributed by atoms with Crippen LogP contribution in [0, 0.1) is 0 Å². The summed E-state index contributed by atoms with van der Waals surface area (Å²) in [6.45, 7) is 0.329. The van der Waals surface area contributed by atoms with Gasteiger partial charge in [0, 0.05) is 29.8 Å². The molecule has 0 saturated carbocycles. The first kappa shape index (κ1) is 26.8. The molecule has 4 aromatic rings. The number of hydrogen-bond acceptors (Lipinski definition) is 7. The van der Waals surface area contributed by atoms with Crippen LogP contribution < -0.4 is 4.74 Å². The number of alkyl halides is 3. The highest BCUT2D eigenvalue weighted by Gasteiger charge is 2.48. The summed E-state index contributed by atoms with van der Waals surface area (Å²) in [6, 6.07) is 16.3. The Morgan fingerprint density at radius 3 is 2.27 bits per heavy atom. The van der Waals surface area contributed by atoms with E-state index in [-0.39, 0.29) is 30.3 Å². The molecule has 12 heteroatoms. The minimum absolute atomic E-state index is 0.140. The monoisotopic (exact) mass is 573 g/mol. The van der Waals surface area contributed by atoms with Crippen molar-refractivity contribution in [2.24, 2.45) is 4.36 Å². The Labute approximate surface area is 228 Å². The van der Waals surface area contributed by atoms with Gasteiger partial charge in [-0.2, -0.15) is 13.2 Å². The maximum Gasteiger partial charge on any atom is 0.418 e. The Balaban J connectivity index is 1.30. The predicted octanol–water partition coefficient (Wildman–Crippen LogP) is 4.91. The molecule has 0 bridgehead atoms. The Hall–Kier alpha value is -3.45. The number of H-pyrrole nitrogens is 1. The van der Waals surface area contributed by atoms with Gasteiger partial charge in [-0.3, -0.25) is 0 Å². The zero-order chi connectivity index (χ0) is 28.2. The Bertz CT molecular complexity index is 1680. The van der Waals surface area contributed by atoms with Crippen LogP contribution in [0.15, 0.2) is 69.9 Å². The van der Waals surface area contributed by atoms with Crippen molar-refractivity contribution in [1.29, 1.82) is 0 Å². The van der Waals surface area contributed by atoms with Crippen molar-refractivity contribution in [2.45, 2.75) is 35.5 Å². The molecule has 2 aromatic heterocycles. The molecule has 8 nitrogen and oxygen atoms in total. The quantitative estimate of drug-likeness (QED) is 0.352. The number of rotatable bonds is 5. The van der Waals surface area contributed by atoms with Gasteiger partial charge in [-0.1, -0.05) is 36.4 Å². The standard InChI is InChI=1S/C28H26F3N3O5S/c1-32-40(2,36)18-9-7-16(8-10-18)15-3-5-17(6-4-15)25-19(28(29,30)31)11-20-21(34-25)12-24(33-20)39-23-14-38-26-22(35)13-37-27(23)26/h3-12,22-23,26-27,33,35H,13-14H2,1-2H3/t22-,23-,26-,27-,40?/m1/s1. The van der Waals surface area contributed by atoms with Crippen molar-refractivity contribution >= 4 is 20.8 Å². The summed E-state index contributed by atoms with van der Waals surface area (Å²) in [6.07, 6.45) is -5.29. The molecule has 2 saturated heterocycles. The van der Waals surface area contributed by atoms with Gasteiger partial charge >= 0.3 is 6.18 Å². The number of ether oxygens (including phenoxy) is 3. The van der Waals surface area contributed by atoms with Crippen molar-refractivity contribution in [3.05, 3.63) is 66.2 Å². The van der Waals surface area contributed by atoms with Gasteiger partial charge in [-0.15, -0.1) is 0 Å². The van der Waals surface area contributed by atoms with Crippen LogP contribution in [-0.2, 0) is 25.4 Å². The molecule has 0 radical (unpaired) electrons. The van der Waals surface area contributed by atoms with E-state index in [4.69, 9.17) is 14.2 Å². The molecule has 0 amide bonds. The lowest BCUT2D eigenvalue weighted by molar-refractivity contribution is -0.137. The third kappa shape index (κ3) is 4.85. The van der Waals surface area contributed by atoms with Gasteiger partial charge in [-0.05, 0) is 29.3 Å². The van der Waals surface area contributed by atoms with Gasteiger partial charge in [0.15, 0.2) is 12.0 Å². The summed E-state index contributed by atoms with van der Waals surface area (Å²) in [5.74, 6) is 0.234. The molecule has 40 heavy (non-hydrogen) atoms. The number of hydrogen-bond donors (Lipinski definition) is 2. The van der Waals surface area contributed by atoms with E-state index in [9.17, 15) is 22.5 Å². The first-order valence-corrected chi connectivity index (χ1v) is 14.5. The van der Waals surface area contributed by atoms with Gasteiger partial charge in [0.25, 0.3) is 0 Å². The van der Waals surface area contributed by atoms with E-state index >= 15 is 0 Å². The second-order valence-electron chi connectivity index (χ2n) is 9.86. The number of pyridine rings is 1. The summed E-state index contributed by atoms with van der Waals surface area (Å²) >= 11 is 0.